The van der Waals surface area contributed by atoms with Gasteiger partial charge in [0.15, 0.2) is 0 Å². The smallest absolute Gasteiger partial charge is 0.00139 e. The minimum atomic E-state index is 1.29. The van der Waals surface area contributed by atoms with Gasteiger partial charge in [-0.25, -0.2) is 0 Å². The monoisotopic (exact) mass is 454 g/mol. The lowest BCUT2D eigenvalue weighted by atomic mass is 9.78. The first-order chi connectivity index (χ1) is 17.9. The molecule has 0 amide bonds. The molecule has 8 rings (SSSR count). The van der Waals surface area contributed by atoms with Crippen LogP contribution in [0.15, 0.2) is 133 Å². The lowest BCUT2D eigenvalue weighted by Crippen LogP contribution is -1.98. The third-order valence-corrected chi connectivity index (χ3v) is 7.83. The molecule has 7 aromatic rings. The summed E-state index contributed by atoms with van der Waals surface area (Å²) in [5, 5.41) is 7.88. The predicted molar refractivity (Wildman–Crippen MR) is 154 cm³/mol. The molecule has 1 aliphatic carbocycles. The zero-order valence-electron chi connectivity index (χ0n) is 19.7. The van der Waals surface area contributed by atoms with E-state index in [4.69, 9.17) is 0 Å². The Hall–Kier alpha value is -4.68. The Morgan fingerprint density at radius 3 is 1.08 bits per heavy atom. The second-order valence-corrected chi connectivity index (χ2v) is 9.64. The minimum Gasteiger partial charge on any atom is -0.0616 e. The summed E-state index contributed by atoms with van der Waals surface area (Å²) in [4.78, 5) is 0. The summed E-state index contributed by atoms with van der Waals surface area (Å²) in [5.74, 6) is 0. The van der Waals surface area contributed by atoms with Crippen molar-refractivity contribution in [2.45, 2.75) is 0 Å². The highest BCUT2D eigenvalue weighted by molar-refractivity contribution is 6.30. The fourth-order valence-corrected chi connectivity index (χ4v) is 6.34. The summed E-state index contributed by atoms with van der Waals surface area (Å²) >= 11 is 0. The number of fused-ring (bicyclic) bond motifs is 15. The van der Waals surface area contributed by atoms with Gasteiger partial charge in [0.25, 0.3) is 0 Å². The highest BCUT2D eigenvalue weighted by atomic mass is 14.3. The topological polar surface area (TPSA) is 0 Å². The molecule has 0 aromatic heterocycles. The first-order valence-corrected chi connectivity index (χ1v) is 12.5. The van der Waals surface area contributed by atoms with E-state index >= 15 is 0 Å². The molecule has 166 valence electrons. The SMILES string of the molecule is c1ccc2c(c1)-c1ccccc1-c1ccc3c4ccccc4c4ccccc4c3c1-c1ccccc1-2. The zero-order valence-corrected chi connectivity index (χ0v) is 19.7. The summed E-state index contributed by atoms with van der Waals surface area (Å²) in [6, 6.07) is 49.1. The van der Waals surface area contributed by atoms with Gasteiger partial charge in [-0.3, -0.25) is 0 Å². The predicted octanol–water partition coefficient (Wildman–Crippen LogP) is 10.1. The molecule has 1 aliphatic rings. The number of rotatable bonds is 0. The maximum absolute atomic E-state index is 2.35. The first kappa shape index (κ1) is 19.6. The van der Waals surface area contributed by atoms with Crippen molar-refractivity contribution in [2.75, 3.05) is 0 Å². The van der Waals surface area contributed by atoms with Crippen LogP contribution in [0.25, 0.3) is 76.8 Å². The van der Waals surface area contributed by atoms with Gasteiger partial charge in [0.2, 0.25) is 0 Å². The Morgan fingerprint density at radius 2 is 0.556 bits per heavy atom. The van der Waals surface area contributed by atoms with Crippen LogP contribution in [-0.2, 0) is 0 Å². The molecule has 0 N–H and O–H groups in total. The molecule has 0 spiro atoms. The van der Waals surface area contributed by atoms with Crippen molar-refractivity contribution in [3.8, 4) is 44.5 Å². The van der Waals surface area contributed by atoms with Crippen molar-refractivity contribution < 1.29 is 0 Å². The number of hydrogen-bond donors (Lipinski definition) is 0. The van der Waals surface area contributed by atoms with Crippen LogP contribution in [0, 0.1) is 0 Å². The molecular formula is C36H22. The van der Waals surface area contributed by atoms with Crippen molar-refractivity contribution >= 4 is 32.3 Å². The van der Waals surface area contributed by atoms with Gasteiger partial charge >= 0.3 is 0 Å². The number of benzene rings is 7. The molecule has 0 aliphatic heterocycles. The van der Waals surface area contributed by atoms with E-state index in [1.807, 2.05) is 0 Å². The molecule has 0 saturated carbocycles. The van der Waals surface area contributed by atoms with Crippen molar-refractivity contribution in [3.05, 3.63) is 133 Å². The average Bonchev–Trinajstić information content (AvgIpc) is 2.96. The standard InChI is InChI=1S/C36H22/c1-2-12-24-23(11-1)25-13-3-5-17-29(25)33-21-22-34-30-18-6-4-14-26(30)28-16-8-10-20-32(28)36(34)35(33)31-19-9-7-15-27(24)31/h1-22H. The highest BCUT2D eigenvalue weighted by Gasteiger charge is 2.24. The maximum Gasteiger partial charge on any atom is -0.00139 e. The number of hydrogen-bond acceptors (Lipinski definition) is 0. The van der Waals surface area contributed by atoms with Crippen LogP contribution in [0.1, 0.15) is 0 Å². The van der Waals surface area contributed by atoms with Crippen LogP contribution in [-0.4, -0.2) is 0 Å². The summed E-state index contributed by atoms with van der Waals surface area (Å²) in [6.45, 7) is 0. The van der Waals surface area contributed by atoms with Gasteiger partial charge in [-0.05, 0) is 76.8 Å². The van der Waals surface area contributed by atoms with Gasteiger partial charge in [-0.15, -0.1) is 0 Å². The van der Waals surface area contributed by atoms with Gasteiger partial charge in [0.05, 0.1) is 0 Å². The van der Waals surface area contributed by atoms with E-state index in [9.17, 15) is 0 Å². The fourth-order valence-electron chi connectivity index (χ4n) is 6.34. The first-order valence-electron chi connectivity index (χ1n) is 12.5. The molecule has 0 bridgehead atoms. The summed E-state index contributed by atoms with van der Waals surface area (Å²) in [7, 11) is 0. The lowest BCUT2D eigenvalue weighted by Gasteiger charge is -2.25. The molecule has 0 heterocycles. The Balaban J connectivity index is 1.68. The fraction of sp³-hybridized carbons (Fsp3) is 0. The minimum absolute atomic E-state index is 1.29. The van der Waals surface area contributed by atoms with E-state index in [-0.39, 0.29) is 0 Å². The summed E-state index contributed by atoms with van der Waals surface area (Å²) < 4.78 is 0. The summed E-state index contributed by atoms with van der Waals surface area (Å²) in [6.07, 6.45) is 0. The molecule has 0 fully saturated rings. The molecule has 36 heavy (non-hydrogen) atoms. The zero-order chi connectivity index (χ0) is 23.6. The van der Waals surface area contributed by atoms with E-state index in [1.165, 1.54) is 76.8 Å². The average molecular weight is 455 g/mol. The normalized spacial score (nSPS) is 11.9. The van der Waals surface area contributed by atoms with Crippen LogP contribution in [0.2, 0.25) is 0 Å². The van der Waals surface area contributed by atoms with Crippen molar-refractivity contribution in [3.63, 3.8) is 0 Å². The molecule has 0 saturated heterocycles. The highest BCUT2D eigenvalue weighted by Crippen LogP contribution is 2.51. The molecular weight excluding hydrogens is 432 g/mol. The van der Waals surface area contributed by atoms with Gasteiger partial charge in [0, 0.05) is 0 Å². The molecule has 0 heteroatoms. The van der Waals surface area contributed by atoms with Crippen LogP contribution in [0.3, 0.4) is 0 Å². The largest absolute Gasteiger partial charge is 0.0616 e. The van der Waals surface area contributed by atoms with Gasteiger partial charge < -0.3 is 0 Å². The third-order valence-electron chi connectivity index (χ3n) is 7.83. The second kappa shape index (κ2) is 7.41. The molecule has 7 aromatic carbocycles. The summed E-state index contributed by atoms with van der Waals surface area (Å²) in [5.41, 5.74) is 10.3. The van der Waals surface area contributed by atoms with Crippen molar-refractivity contribution in [2.24, 2.45) is 0 Å². The second-order valence-electron chi connectivity index (χ2n) is 9.64. The third kappa shape index (κ3) is 2.59. The van der Waals surface area contributed by atoms with Crippen LogP contribution in [0.4, 0.5) is 0 Å². The lowest BCUT2D eigenvalue weighted by molar-refractivity contribution is 1.54. The van der Waals surface area contributed by atoms with Crippen LogP contribution < -0.4 is 0 Å². The van der Waals surface area contributed by atoms with Gasteiger partial charge in [-0.2, -0.15) is 0 Å². The van der Waals surface area contributed by atoms with E-state index in [2.05, 4.69) is 133 Å². The van der Waals surface area contributed by atoms with E-state index in [0.29, 0.717) is 0 Å². The molecule has 0 nitrogen and oxygen atoms in total. The van der Waals surface area contributed by atoms with E-state index in [0.717, 1.165) is 0 Å². The Labute approximate surface area is 210 Å². The molecule has 0 atom stereocenters. The quantitative estimate of drug-likeness (QED) is 0.200. The van der Waals surface area contributed by atoms with Gasteiger partial charge in [-0.1, -0.05) is 133 Å². The van der Waals surface area contributed by atoms with Crippen LogP contribution >= 0.6 is 0 Å². The molecule has 0 radical (unpaired) electrons. The van der Waals surface area contributed by atoms with Crippen LogP contribution in [0.5, 0.6) is 0 Å². The van der Waals surface area contributed by atoms with Gasteiger partial charge in [0.1, 0.15) is 0 Å². The maximum atomic E-state index is 2.35. The van der Waals surface area contributed by atoms with Crippen molar-refractivity contribution in [1.29, 1.82) is 0 Å². The Morgan fingerprint density at radius 1 is 0.222 bits per heavy atom. The molecule has 0 unspecified atom stereocenters. The van der Waals surface area contributed by atoms with E-state index in [1.54, 1.807) is 0 Å². The van der Waals surface area contributed by atoms with E-state index < -0.39 is 0 Å². The van der Waals surface area contributed by atoms with Crippen molar-refractivity contribution in [1.82, 2.24) is 0 Å². The Bertz CT molecular complexity index is 1950. The Kier molecular flexibility index (Phi) is 4.03.